The van der Waals surface area contributed by atoms with Crippen LogP contribution in [0.5, 0.6) is 0 Å². The Bertz CT molecular complexity index is 126. The smallest absolute Gasteiger partial charge is 0.0814 e. The van der Waals surface area contributed by atoms with Gasteiger partial charge < -0.3 is 4.90 Å². The Balaban J connectivity index is 0. The van der Waals surface area contributed by atoms with Crippen molar-refractivity contribution in [2.24, 2.45) is 0 Å². The Morgan fingerprint density at radius 2 is 0.941 bits per heavy atom. The van der Waals surface area contributed by atoms with Gasteiger partial charge in [0.05, 0.1) is 8.41 Å². The van der Waals surface area contributed by atoms with E-state index in [1.807, 2.05) is 0 Å². The minimum absolute atomic E-state index is 0. The highest BCUT2D eigenvalue weighted by molar-refractivity contribution is 5.75. The van der Waals surface area contributed by atoms with E-state index in [1.54, 1.807) is 0 Å². The van der Waals surface area contributed by atoms with E-state index in [0.717, 1.165) is 0 Å². The zero-order valence-electron chi connectivity index (χ0n) is 11.9. The highest BCUT2D eigenvalue weighted by Crippen LogP contribution is 2.11. The van der Waals surface area contributed by atoms with E-state index in [2.05, 4.69) is 25.9 Å². The monoisotopic (exact) mass is 241 g/mol. The van der Waals surface area contributed by atoms with Gasteiger partial charge >= 0.3 is 0 Å². The summed E-state index contributed by atoms with van der Waals surface area (Å²) < 4.78 is 0. The van der Waals surface area contributed by atoms with Gasteiger partial charge in [-0.15, -0.1) is 0 Å². The molecule has 0 aromatic heterocycles. The third-order valence-electron chi connectivity index (χ3n) is 3.21. The first-order valence-electron chi connectivity index (χ1n) is 7.42. The van der Waals surface area contributed by atoms with Gasteiger partial charge in [-0.1, -0.05) is 71.1 Å². The highest BCUT2D eigenvalue weighted by atomic mass is 15.0. The van der Waals surface area contributed by atoms with Crippen LogP contribution >= 0.6 is 0 Å². The van der Waals surface area contributed by atoms with Crippen molar-refractivity contribution in [1.29, 1.82) is 0 Å². The van der Waals surface area contributed by atoms with Gasteiger partial charge in [0.15, 0.2) is 0 Å². The van der Waals surface area contributed by atoms with Gasteiger partial charge in [-0.25, -0.2) is 0 Å². The molecule has 0 rings (SSSR count). The molecule has 0 aromatic rings. The van der Waals surface area contributed by atoms with Gasteiger partial charge in [0.2, 0.25) is 0 Å². The number of hydrogen-bond donors (Lipinski definition) is 0. The molecular formula is C15H36BN. The molecule has 0 aliphatic heterocycles. The molecule has 0 aromatic carbocycles. The fourth-order valence-electron chi connectivity index (χ4n) is 2.09. The van der Waals surface area contributed by atoms with Crippen LogP contribution in [-0.4, -0.2) is 34.0 Å². The topological polar surface area (TPSA) is 3.24 Å². The lowest BCUT2D eigenvalue weighted by Crippen LogP contribution is -2.12. The molecule has 2 heteroatoms. The minimum Gasteiger partial charge on any atom is -0.309 e. The second kappa shape index (κ2) is 16.0. The van der Waals surface area contributed by atoms with Gasteiger partial charge in [-0.3, -0.25) is 0 Å². The summed E-state index contributed by atoms with van der Waals surface area (Å²) in [5.41, 5.74) is 0. The van der Waals surface area contributed by atoms with Crippen LogP contribution in [0.1, 0.15) is 77.6 Å². The van der Waals surface area contributed by atoms with Crippen LogP contribution in [0.4, 0.5) is 0 Å². The SMILES string of the molecule is B.CCCCCCCCCCCCCN(C)C. The van der Waals surface area contributed by atoms with E-state index in [-0.39, 0.29) is 8.41 Å². The maximum Gasteiger partial charge on any atom is 0.0814 e. The van der Waals surface area contributed by atoms with E-state index in [0.29, 0.717) is 0 Å². The maximum atomic E-state index is 2.29. The van der Waals surface area contributed by atoms with Crippen LogP contribution in [0.2, 0.25) is 0 Å². The van der Waals surface area contributed by atoms with E-state index in [9.17, 15) is 0 Å². The van der Waals surface area contributed by atoms with Gasteiger partial charge in [0, 0.05) is 0 Å². The van der Waals surface area contributed by atoms with Crippen molar-refractivity contribution < 1.29 is 0 Å². The summed E-state index contributed by atoms with van der Waals surface area (Å²) in [6, 6.07) is 0. The van der Waals surface area contributed by atoms with Crippen molar-refractivity contribution in [2.45, 2.75) is 77.6 Å². The molecule has 0 bridgehead atoms. The number of hydrogen-bond acceptors (Lipinski definition) is 1. The van der Waals surface area contributed by atoms with Crippen LogP contribution in [0, 0.1) is 0 Å². The second-order valence-corrected chi connectivity index (χ2v) is 5.34. The first-order valence-corrected chi connectivity index (χ1v) is 7.42. The van der Waals surface area contributed by atoms with Crippen molar-refractivity contribution in [1.82, 2.24) is 4.90 Å². The molecule has 0 aliphatic rings. The summed E-state index contributed by atoms with van der Waals surface area (Å²) in [5.74, 6) is 0. The minimum atomic E-state index is 0. The van der Waals surface area contributed by atoms with Crippen molar-refractivity contribution in [3.8, 4) is 0 Å². The highest BCUT2D eigenvalue weighted by Gasteiger charge is 1.93. The first kappa shape index (κ1) is 19.4. The fraction of sp³-hybridized carbons (Fsp3) is 1.00. The molecule has 0 N–H and O–H groups in total. The average molecular weight is 241 g/mol. The molecule has 0 spiro atoms. The fourth-order valence-corrected chi connectivity index (χ4v) is 2.09. The molecule has 0 fully saturated rings. The molecule has 17 heavy (non-hydrogen) atoms. The summed E-state index contributed by atoms with van der Waals surface area (Å²) in [4.78, 5) is 2.29. The Kier molecular flexibility index (Phi) is 18.3. The molecular weight excluding hydrogens is 205 g/mol. The van der Waals surface area contributed by atoms with Gasteiger partial charge in [0.1, 0.15) is 0 Å². The maximum absolute atomic E-state index is 2.29. The first-order chi connectivity index (χ1) is 7.77. The number of rotatable bonds is 12. The molecule has 0 aliphatic carbocycles. The Labute approximate surface area is 112 Å². The Hall–Kier alpha value is 0.0249. The molecule has 1 nitrogen and oxygen atoms in total. The van der Waals surface area contributed by atoms with Gasteiger partial charge in [-0.2, -0.15) is 0 Å². The number of unbranched alkanes of at least 4 members (excludes halogenated alkanes) is 10. The summed E-state index contributed by atoms with van der Waals surface area (Å²) in [6.07, 6.45) is 15.8. The lowest BCUT2D eigenvalue weighted by atomic mass is 10.1. The summed E-state index contributed by atoms with van der Waals surface area (Å²) >= 11 is 0. The van der Waals surface area contributed by atoms with Crippen LogP contribution in [0.25, 0.3) is 0 Å². The zero-order valence-corrected chi connectivity index (χ0v) is 11.9. The van der Waals surface area contributed by atoms with Crippen molar-refractivity contribution in [2.75, 3.05) is 20.6 Å². The summed E-state index contributed by atoms with van der Waals surface area (Å²) in [7, 11) is 4.33. The number of nitrogens with zero attached hydrogens (tertiary/aromatic N) is 1. The van der Waals surface area contributed by atoms with Gasteiger partial charge in [-0.05, 0) is 27.1 Å². The predicted octanol–water partition coefficient (Wildman–Crippen LogP) is 3.68. The standard InChI is InChI=1S/C15H33N.BH3/c1-4-5-6-7-8-9-10-11-12-13-14-15-16(2)3;/h4-15H2,1-3H3;1H3. The normalized spacial score (nSPS) is 10.6. The third kappa shape index (κ3) is 18.6. The molecule has 0 amide bonds. The van der Waals surface area contributed by atoms with Crippen molar-refractivity contribution in [3.63, 3.8) is 0 Å². The molecule has 0 heterocycles. The van der Waals surface area contributed by atoms with E-state index in [4.69, 9.17) is 0 Å². The van der Waals surface area contributed by atoms with Crippen LogP contribution in [-0.2, 0) is 0 Å². The third-order valence-corrected chi connectivity index (χ3v) is 3.21. The quantitative estimate of drug-likeness (QED) is 0.372. The lowest BCUT2D eigenvalue weighted by molar-refractivity contribution is 0.389. The Morgan fingerprint density at radius 3 is 1.29 bits per heavy atom. The van der Waals surface area contributed by atoms with Crippen LogP contribution in [0.15, 0.2) is 0 Å². The average Bonchev–Trinajstić information content (AvgIpc) is 2.25. The summed E-state index contributed by atoms with van der Waals surface area (Å²) in [5, 5.41) is 0. The lowest BCUT2D eigenvalue weighted by Gasteiger charge is -2.08. The van der Waals surface area contributed by atoms with E-state index < -0.39 is 0 Å². The summed E-state index contributed by atoms with van der Waals surface area (Å²) in [6.45, 7) is 3.55. The molecule has 0 saturated heterocycles. The van der Waals surface area contributed by atoms with Crippen molar-refractivity contribution >= 4 is 8.41 Å². The van der Waals surface area contributed by atoms with Crippen LogP contribution < -0.4 is 0 Å². The zero-order chi connectivity index (χ0) is 12.1. The largest absolute Gasteiger partial charge is 0.309 e. The molecule has 104 valence electrons. The molecule has 0 atom stereocenters. The molecule has 0 saturated carbocycles. The molecule has 0 unspecified atom stereocenters. The van der Waals surface area contributed by atoms with Crippen molar-refractivity contribution in [3.05, 3.63) is 0 Å². The second-order valence-electron chi connectivity index (χ2n) is 5.34. The van der Waals surface area contributed by atoms with E-state index in [1.165, 1.54) is 77.2 Å². The van der Waals surface area contributed by atoms with E-state index >= 15 is 0 Å². The molecule has 0 radical (unpaired) electrons. The van der Waals surface area contributed by atoms with Crippen LogP contribution in [0.3, 0.4) is 0 Å². The van der Waals surface area contributed by atoms with Gasteiger partial charge in [0.25, 0.3) is 0 Å². The Morgan fingerprint density at radius 1 is 0.588 bits per heavy atom. The predicted molar refractivity (Wildman–Crippen MR) is 85.0 cm³/mol.